The van der Waals surface area contributed by atoms with Crippen molar-refractivity contribution in [3.63, 3.8) is 0 Å². The van der Waals surface area contributed by atoms with Gasteiger partial charge in [-0.2, -0.15) is 5.10 Å². The van der Waals surface area contributed by atoms with Gasteiger partial charge in [-0.1, -0.05) is 30.3 Å². The Kier molecular flexibility index (Phi) is 3.41. The summed E-state index contributed by atoms with van der Waals surface area (Å²) in [5.41, 5.74) is 3.80. The van der Waals surface area contributed by atoms with E-state index in [-0.39, 0.29) is 17.6 Å². The summed E-state index contributed by atoms with van der Waals surface area (Å²) in [7, 11) is 0. The first-order valence-corrected chi connectivity index (χ1v) is 7.83. The molecule has 120 valence electrons. The molecule has 4 nitrogen and oxygen atoms in total. The molecule has 1 aliphatic rings. The summed E-state index contributed by atoms with van der Waals surface area (Å²) in [6, 6.07) is 14.2. The lowest BCUT2D eigenvalue weighted by Crippen LogP contribution is -2.25. The number of halogens is 1. The number of fused-ring (bicyclic) bond motifs is 1. The maximum absolute atomic E-state index is 13.5. The predicted molar refractivity (Wildman–Crippen MR) is 89.8 cm³/mol. The van der Waals surface area contributed by atoms with Gasteiger partial charge in [0.2, 0.25) is 5.91 Å². The van der Waals surface area contributed by atoms with E-state index in [0.29, 0.717) is 17.9 Å². The van der Waals surface area contributed by atoms with Crippen molar-refractivity contribution in [1.82, 2.24) is 9.78 Å². The normalized spacial score (nSPS) is 16.6. The molecule has 1 aliphatic heterocycles. The zero-order chi connectivity index (χ0) is 16.7. The Labute approximate surface area is 138 Å². The van der Waals surface area contributed by atoms with E-state index in [4.69, 9.17) is 0 Å². The third-order valence-corrected chi connectivity index (χ3v) is 4.44. The fourth-order valence-electron chi connectivity index (χ4n) is 3.28. The third kappa shape index (κ3) is 2.38. The van der Waals surface area contributed by atoms with Crippen LogP contribution >= 0.6 is 0 Å². The maximum atomic E-state index is 13.5. The number of aryl methyl sites for hydroxylation is 1. The third-order valence-electron chi connectivity index (χ3n) is 4.44. The van der Waals surface area contributed by atoms with Crippen LogP contribution in [0.1, 0.15) is 29.0 Å². The van der Waals surface area contributed by atoms with Crippen molar-refractivity contribution in [3.8, 4) is 5.69 Å². The Balaban J connectivity index is 1.85. The first kappa shape index (κ1) is 14.6. The Bertz CT molecular complexity index is 932. The van der Waals surface area contributed by atoms with Crippen molar-refractivity contribution in [2.75, 3.05) is 5.32 Å². The van der Waals surface area contributed by atoms with Crippen molar-refractivity contribution >= 4 is 11.7 Å². The summed E-state index contributed by atoms with van der Waals surface area (Å²) < 4.78 is 15.1. The van der Waals surface area contributed by atoms with E-state index in [2.05, 4.69) is 10.4 Å². The molecule has 5 heteroatoms. The zero-order valence-corrected chi connectivity index (χ0v) is 13.2. The first-order chi connectivity index (χ1) is 11.6. The van der Waals surface area contributed by atoms with Crippen LogP contribution in [0.5, 0.6) is 0 Å². The smallest absolute Gasteiger partial charge is 0.226 e. The fraction of sp³-hybridized carbons (Fsp3) is 0.158. The van der Waals surface area contributed by atoms with Crippen molar-refractivity contribution in [3.05, 3.63) is 77.2 Å². The number of benzene rings is 2. The van der Waals surface area contributed by atoms with Crippen molar-refractivity contribution in [1.29, 1.82) is 0 Å². The Hall–Kier alpha value is -2.95. The van der Waals surface area contributed by atoms with Crippen LogP contribution in [0.15, 0.2) is 54.7 Å². The fourth-order valence-corrected chi connectivity index (χ4v) is 3.28. The minimum atomic E-state index is -0.339. The molecule has 1 atom stereocenters. The quantitative estimate of drug-likeness (QED) is 0.780. The molecule has 2 aromatic carbocycles. The van der Waals surface area contributed by atoms with E-state index in [9.17, 15) is 9.18 Å². The van der Waals surface area contributed by atoms with Crippen LogP contribution in [0.25, 0.3) is 5.69 Å². The second-order valence-corrected chi connectivity index (χ2v) is 6.00. The molecular weight excluding hydrogens is 305 g/mol. The predicted octanol–water partition coefficient (Wildman–Crippen LogP) is 3.79. The number of nitrogens with one attached hydrogen (secondary N) is 1. The molecule has 0 radical (unpaired) electrons. The number of anilines is 1. The standard InChI is InChI=1S/C19H16FN3O/c1-12-5-2-3-8-15(12)16-10-18(24)22-19-17(16)11-21-23(19)14-7-4-6-13(20)9-14/h2-9,11,16H,10H2,1H3,(H,22,24). The summed E-state index contributed by atoms with van der Waals surface area (Å²) >= 11 is 0. The monoisotopic (exact) mass is 321 g/mol. The van der Waals surface area contributed by atoms with E-state index in [1.54, 1.807) is 23.0 Å². The lowest BCUT2D eigenvalue weighted by atomic mass is 9.85. The molecular formula is C19H16FN3O. The number of carbonyl (C=O) groups is 1. The highest BCUT2D eigenvalue weighted by Gasteiger charge is 2.31. The van der Waals surface area contributed by atoms with Crippen LogP contribution in [0, 0.1) is 12.7 Å². The molecule has 0 fully saturated rings. The maximum Gasteiger partial charge on any atom is 0.226 e. The minimum Gasteiger partial charge on any atom is -0.310 e. The zero-order valence-electron chi connectivity index (χ0n) is 13.2. The summed E-state index contributed by atoms with van der Waals surface area (Å²) in [6.45, 7) is 2.04. The summed E-state index contributed by atoms with van der Waals surface area (Å²) in [4.78, 5) is 12.2. The summed E-state index contributed by atoms with van der Waals surface area (Å²) in [5, 5.41) is 7.27. The Morgan fingerprint density at radius 2 is 2.00 bits per heavy atom. The highest BCUT2D eigenvalue weighted by molar-refractivity contribution is 5.94. The molecule has 0 bridgehead atoms. The SMILES string of the molecule is Cc1ccccc1C1CC(=O)Nc2c1cnn2-c1cccc(F)c1. The van der Waals surface area contributed by atoms with Crippen LogP contribution < -0.4 is 5.32 Å². The van der Waals surface area contributed by atoms with Crippen molar-refractivity contribution in [2.45, 2.75) is 19.3 Å². The number of hydrogen-bond donors (Lipinski definition) is 1. The van der Waals surface area contributed by atoms with Gasteiger partial charge in [0, 0.05) is 17.9 Å². The van der Waals surface area contributed by atoms with Gasteiger partial charge >= 0.3 is 0 Å². The topological polar surface area (TPSA) is 46.9 Å². The van der Waals surface area contributed by atoms with Gasteiger partial charge in [0.05, 0.1) is 11.9 Å². The average Bonchev–Trinajstić information content (AvgIpc) is 2.98. The van der Waals surface area contributed by atoms with Crippen molar-refractivity contribution in [2.24, 2.45) is 0 Å². The minimum absolute atomic E-state index is 0.0442. The molecule has 1 unspecified atom stereocenters. The van der Waals surface area contributed by atoms with Gasteiger partial charge in [0.15, 0.2) is 0 Å². The van der Waals surface area contributed by atoms with Gasteiger partial charge in [-0.15, -0.1) is 0 Å². The van der Waals surface area contributed by atoms with Gasteiger partial charge in [-0.05, 0) is 36.2 Å². The second kappa shape index (κ2) is 5.60. The van der Waals surface area contributed by atoms with Gasteiger partial charge in [-0.3, -0.25) is 4.79 Å². The number of nitrogens with zero attached hydrogens (tertiary/aromatic N) is 2. The molecule has 0 aliphatic carbocycles. The Morgan fingerprint density at radius 1 is 1.17 bits per heavy atom. The molecule has 0 spiro atoms. The molecule has 3 aromatic rings. The lowest BCUT2D eigenvalue weighted by molar-refractivity contribution is -0.116. The molecule has 24 heavy (non-hydrogen) atoms. The van der Waals surface area contributed by atoms with Crippen LogP contribution in [-0.2, 0) is 4.79 Å². The highest BCUT2D eigenvalue weighted by atomic mass is 19.1. The average molecular weight is 321 g/mol. The molecule has 4 rings (SSSR count). The van der Waals surface area contributed by atoms with E-state index < -0.39 is 0 Å². The number of aromatic nitrogens is 2. The molecule has 0 saturated heterocycles. The van der Waals surface area contributed by atoms with Crippen LogP contribution in [0.4, 0.5) is 10.2 Å². The summed E-state index contributed by atoms with van der Waals surface area (Å²) in [6.07, 6.45) is 2.14. The second-order valence-electron chi connectivity index (χ2n) is 6.00. The molecule has 0 saturated carbocycles. The van der Waals surface area contributed by atoms with Crippen molar-refractivity contribution < 1.29 is 9.18 Å². The van der Waals surface area contributed by atoms with E-state index in [1.165, 1.54) is 12.1 Å². The van der Waals surface area contributed by atoms with Gasteiger partial charge in [0.25, 0.3) is 0 Å². The molecule has 1 N–H and O–H groups in total. The largest absolute Gasteiger partial charge is 0.310 e. The van der Waals surface area contributed by atoms with E-state index in [1.807, 2.05) is 31.2 Å². The van der Waals surface area contributed by atoms with E-state index in [0.717, 1.165) is 16.7 Å². The number of rotatable bonds is 2. The number of hydrogen-bond acceptors (Lipinski definition) is 2. The van der Waals surface area contributed by atoms with Crippen LogP contribution in [0.3, 0.4) is 0 Å². The highest BCUT2D eigenvalue weighted by Crippen LogP contribution is 2.39. The van der Waals surface area contributed by atoms with Gasteiger partial charge in [0.1, 0.15) is 11.6 Å². The number of carbonyl (C=O) groups excluding carboxylic acids is 1. The molecule has 1 aromatic heterocycles. The first-order valence-electron chi connectivity index (χ1n) is 7.83. The molecule has 1 amide bonds. The summed E-state index contributed by atoms with van der Waals surface area (Å²) in [5.74, 6) is 0.172. The van der Waals surface area contributed by atoms with Crippen LogP contribution in [0.2, 0.25) is 0 Å². The number of amides is 1. The lowest BCUT2D eigenvalue weighted by Gasteiger charge is -2.25. The Morgan fingerprint density at radius 3 is 2.79 bits per heavy atom. The van der Waals surface area contributed by atoms with Gasteiger partial charge in [-0.25, -0.2) is 9.07 Å². The van der Waals surface area contributed by atoms with Crippen LogP contribution in [-0.4, -0.2) is 15.7 Å². The van der Waals surface area contributed by atoms with Gasteiger partial charge < -0.3 is 5.32 Å². The van der Waals surface area contributed by atoms with E-state index >= 15 is 0 Å². The molecule has 2 heterocycles.